The molecule has 22 heavy (non-hydrogen) atoms. The molecule has 0 spiro atoms. The average Bonchev–Trinajstić information content (AvgIpc) is 3.24. The second-order valence-electron chi connectivity index (χ2n) is 6.28. The number of ether oxygens (including phenoxy) is 1. The number of aromatic nitrogens is 1. The summed E-state index contributed by atoms with van der Waals surface area (Å²) in [6, 6.07) is 5.97. The van der Waals surface area contributed by atoms with E-state index in [1.54, 1.807) is 0 Å². The van der Waals surface area contributed by atoms with Gasteiger partial charge in [-0.25, -0.2) is 5.06 Å². The van der Waals surface area contributed by atoms with Gasteiger partial charge in [-0.3, -0.25) is 19.5 Å². The van der Waals surface area contributed by atoms with Gasteiger partial charge in [0.15, 0.2) is 0 Å². The summed E-state index contributed by atoms with van der Waals surface area (Å²) in [7, 11) is 0. The lowest BCUT2D eigenvalue weighted by atomic mass is 9.92. The fourth-order valence-electron chi connectivity index (χ4n) is 3.70. The van der Waals surface area contributed by atoms with Crippen LogP contribution in [0.5, 0.6) is 0 Å². The van der Waals surface area contributed by atoms with Crippen LogP contribution in [0.4, 0.5) is 0 Å². The van der Waals surface area contributed by atoms with Crippen LogP contribution in [0.1, 0.15) is 12.1 Å². The highest BCUT2D eigenvalue weighted by Crippen LogP contribution is 2.35. The van der Waals surface area contributed by atoms with Crippen LogP contribution in [-0.4, -0.2) is 59.8 Å². The van der Waals surface area contributed by atoms with Crippen molar-refractivity contribution in [3.05, 3.63) is 30.1 Å². The van der Waals surface area contributed by atoms with Gasteiger partial charge in [0.2, 0.25) is 0 Å². The number of likely N-dealkylation sites (tertiary alicyclic amines) is 1. The predicted octanol–water partition coefficient (Wildman–Crippen LogP) is 0.692. The molecule has 6 heteroatoms. The lowest BCUT2D eigenvalue weighted by Crippen LogP contribution is -2.38. The third-order valence-electron chi connectivity index (χ3n) is 4.82. The Bertz CT molecular complexity index is 533. The molecular weight excluding hydrogens is 282 g/mol. The molecule has 0 aliphatic carbocycles. The van der Waals surface area contributed by atoms with Gasteiger partial charge in [-0.05, 0) is 18.6 Å². The van der Waals surface area contributed by atoms with Crippen LogP contribution in [-0.2, 0) is 20.9 Å². The van der Waals surface area contributed by atoms with Crippen molar-refractivity contribution in [1.29, 1.82) is 0 Å². The SMILES string of the molecule is O=C([C@@H]1CO[C@H]2CN(Cc3ccccn3)C[C@H]21)N1CCCO1. The first kappa shape index (κ1) is 14.1. The molecular formula is C16H21N3O3. The highest BCUT2D eigenvalue weighted by Gasteiger charge is 2.48. The summed E-state index contributed by atoms with van der Waals surface area (Å²) in [6.45, 7) is 4.49. The fourth-order valence-corrected chi connectivity index (χ4v) is 3.70. The molecule has 0 unspecified atom stereocenters. The minimum absolute atomic E-state index is 0.0585. The van der Waals surface area contributed by atoms with Crippen molar-refractivity contribution in [1.82, 2.24) is 14.9 Å². The molecule has 0 saturated carbocycles. The maximum Gasteiger partial charge on any atom is 0.251 e. The molecule has 0 aromatic carbocycles. The largest absolute Gasteiger partial charge is 0.376 e. The summed E-state index contributed by atoms with van der Waals surface area (Å²) in [5.41, 5.74) is 1.06. The molecule has 6 nitrogen and oxygen atoms in total. The lowest BCUT2D eigenvalue weighted by Gasteiger charge is -2.22. The molecule has 0 bridgehead atoms. The van der Waals surface area contributed by atoms with Crippen LogP contribution in [0.3, 0.4) is 0 Å². The summed E-state index contributed by atoms with van der Waals surface area (Å²) in [5.74, 6) is 0.321. The van der Waals surface area contributed by atoms with Crippen LogP contribution in [0.2, 0.25) is 0 Å². The highest BCUT2D eigenvalue weighted by atomic mass is 16.7. The Hall–Kier alpha value is -1.50. The minimum atomic E-state index is -0.0585. The van der Waals surface area contributed by atoms with Crippen LogP contribution in [0.15, 0.2) is 24.4 Å². The number of rotatable bonds is 3. The number of nitrogens with zero attached hydrogens (tertiary/aromatic N) is 3. The first-order valence-electron chi connectivity index (χ1n) is 7.99. The fraction of sp³-hybridized carbons (Fsp3) is 0.625. The van der Waals surface area contributed by atoms with Crippen molar-refractivity contribution in [3.8, 4) is 0 Å². The highest BCUT2D eigenvalue weighted by molar-refractivity contribution is 5.79. The van der Waals surface area contributed by atoms with Gasteiger partial charge in [-0.1, -0.05) is 6.07 Å². The number of amides is 1. The molecule has 4 heterocycles. The van der Waals surface area contributed by atoms with E-state index in [1.807, 2.05) is 24.4 Å². The molecule has 3 aliphatic heterocycles. The molecule has 0 N–H and O–H groups in total. The zero-order chi connectivity index (χ0) is 14.9. The quantitative estimate of drug-likeness (QED) is 0.822. The summed E-state index contributed by atoms with van der Waals surface area (Å²) >= 11 is 0. The van der Waals surface area contributed by atoms with Gasteiger partial charge in [0.05, 0.1) is 37.5 Å². The van der Waals surface area contributed by atoms with E-state index >= 15 is 0 Å². The van der Waals surface area contributed by atoms with Gasteiger partial charge < -0.3 is 4.74 Å². The maximum absolute atomic E-state index is 12.5. The van der Waals surface area contributed by atoms with E-state index in [9.17, 15) is 4.79 Å². The third kappa shape index (κ3) is 2.62. The number of carbonyl (C=O) groups is 1. The van der Waals surface area contributed by atoms with Gasteiger partial charge in [0.1, 0.15) is 0 Å². The second-order valence-corrected chi connectivity index (χ2v) is 6.28. The van der Waals surface area contributed by atoms with Crippen LogP contribution in [0, 0.1) is 11.8 Å². The molecule has 4 rings (SSSR count). The molecule has 1 aromatic heterocycles. The normalized spacial score (nSPS) is 31.6. The Kier molecular flexibility index (Phi) is 3.82. The Morgan fingerprint density at radius 3 is 3.09 bits per heavy atom. The van der Waals surface area contributed by atoms with E-state index in [0.29, 0.717) is 19.8 Å². The van der Waals surface area contributed by atoms with E-state index in [0.717, 1.165) is 31.7 Å². The summed E-state index contributed by atoms with van der Waals surface area (Å²) in [4.78, 5) is 24.7. The van der Waals surface area contributed by atoms with Crippen LogP contribution < -0.4 is 0 Å². The van der Waals surface area contributed by atoms with Crippen molar-refractivity contribution in [2.45, 2.75) is 19.1 Å². The van der Waals surface area contributed by atoms with E-state index in [4.69, 9.17) is 9.57 Å². The summed E-state index contributed by atoms with van der Waals surface area (Å²) < 4.78 is 5.87. The first-order valence-corrected chi connectivity index (χ1v) is 7.99. The van der Waals surface area contributed by atoms with E-state index in [1.165, 1.54) is 5.06 Å². The van der Waals surface area contributed by atoms with Gasteiger partial charge in [0.25, 0.3) is 5.91 Å². The van der Waals surface area contributed by atoms with E-state index in [2.05, 4.69) is 9.88 Å². The molecule has 0 radical (unpaired) electrons. The smallest absolute Gasteiger partial charge is 0.251 e. The van der Waals surface area contributed by atoms with Crippen LogP contribution in [0.25, 0.3) is 0 Å². The van der Waals surface area contributed by atoms with Crippen LogP contribution >= 0.6 is 0 Å². The Labute approximate surface area is 130 Å². The van der Waals surface area contributed by atoms with Gasteiger partial charge in [0, 0.05) is 31.7 Å². The Morgan fingerprint density at radius 1 is 1.36 bits per heavy atom. The topological polar surface area (TPSA) is 54.9 Å². The molecule has 3 saturated heterocycles. The standard InChI is InChI=1S/C16H21N3O3/c20-16(19-6-3-7-22-19)14-11-21-15-10-18(9-13(14)15)8-12-4-1-2-5-17-12/h1-2,4-5,13-15H,3,6-11H2/t13-,14+,15-/m0/s1. The molecule has 1 aromatic rings. The van der Waals surface area contributed by atoms with E-state index in [-0.39, 0.29) is 23.8 Å². The number of hydrogen-bond acceptors (Lipinski definition) is 5. The average molecular weight is 303 g/mol. The first-order chi connectivity index (χ1) is 10.8. The van der Waals surface area contributed by atoms with E-state index < -0.39 is 0 Å². The number of hydrogen-bond donors (Lipinski definition) is 0. The number of carbonyl (C=O) groups excluding carboxylic acids is 1. The van der Waals surface area contributed by atoms with Gasteiger partial charge in [-0.15, -0.1) is 0 Å². The Balaban J connectivity index is 1.39. The van der Waals surface area contributed by atoms with Crippen molar-refractivity contribution in [2.75, 3.05) is 32.8 Å². The van der Waals surface area contributed by atoms with Crippen molar-refractivity contribution < 1.29 is 14.4 Å². The van der Waals surface area contributed by atoms with Gasteiger partial charge in [-0.2, -0.15) is 0 Å². The number of fused-ring (bicyclic) bond motifs is 1. The molecule has 3 atom stereocenters. The van der Waals surface area contributed by atoms with Crippen molar-refractivity contribution >= 4 is 5.91 Å². The third-order valence-corrected chi connectivity index (χ3v) is 4.82. The van der Waals surface area contributed by atoms with Gasteiger partial charge >= 0.3 is 0 Å². The molecule has 3 aliphatic rings. The zero-order valence-corrected chi connectivity index (χ0v) is 12.6. The molecule has 118 valence electrons. The number of hydroxylamine groups is 2. The number of pyridine rings is 1. The zero-order valence-electron chi connectivity index (χ0n) is 12.6. The Morgan fingerprint density at radius 2 is 2.32 bits per heavy atom. The summed E-state index contributed by atoms with van der Waals surface area (Å²) in [6.07, 6.45) is 2.92. The monoisotopic (exact) mass is 303 g/mol. The van der Waals surface area contributed by atoms with Crippen molar-refractivity contribution in [3.63, 3.8) is 0 Å². The lowest BCUT2D eigenvalue weighted by molar-refractivity contribution is -0.174. The maximum atomic E-state index is 12.5. The minimum Gasteiger partial charge on any atom is -0.376 e. The second kappa shape index (κ2) is 5.95. The van der Waals surface area contributed by atoms with Crippen molar-refractivity contribution in [2.24, 2.45) is 11.8 Å². The summed E-state index contributed by atoms with van der Waals surface area (Å²) in [5, 5.41) is 1.54. The molecule has 1 amide bonds. The predicted molar refractivity (Wildman–Crippen MR) is 78.5 cm³/mol. The molecule has 3 fully saturated rings.